The van der Waals surface area contributed by atoms with Crippen molar-refractivity contribution in [2.75, 3.05) is 26.6 Å². The molecule has 170 valence electrons. The molecule has 4 rings (SSSR count). The van der Waals surface area contributed by atoms with Crippen molar-refractivity contribution in [1.82, 2.24) is 14.4 Å². The van der Waals surface area contributed by atoms with Crippen molar-refractivity contribution in [2.24, 2.45) is 5.92 Å². The van der Waals surface area contributed by atoms with Gasteiger partial charge >= 0.3 is 5.97 Å². The van der Waals surface area contributed by atoms with Crippen LogP contribution in [0.25, 0.3) is 5.52 Å². The van der Waals surface area contributed by atoms with Crippen molar-refractivity contribution in [3.05, 3.63) is 46.6 Å². The molecule has 3 aromatic rings. The molecule has 1 aliphatic rings. The molecule has 0 radical (unpaired) electrons. The normalized spacial score (nSPS) is 18.4. The highest BCUT2D eigenvalue weighted by Crippen LogP contribution is 2.38. The fraction of sp³-hybridized carbons (Fsp3) is 0.435. The summed E-state index contributed by atoms with van der Waals surface area (Å²) in [6.07, 6.45) is 7.26. The molecule has 0 aliphatic heterocycles. The molecule has 1 aromatic carbocycles. The van der Waals surface area contributed by atoms with Gasteiger partial charge < -0.3 is 19.5 Å². The molecule has 2 aromatic heterocycles. The Morgan fingerprint density at radius 1 is 1.25 bits per heavy atom. The number of ether oxygens (including phenoxy) is 3. The lowest BCUT2D eigenvalue weighted by Gasteiger charge is -2.26. The number of anilines is 1. The number of fused-ring (bicyclic) bond motifs is 1. The number of nitrogens with zero attached hydrogens (tertiary/aromatic N) is 3. The van der Waals surface area contributed by atoms with Crippen LogP contribution in [0.15, 0.2) is 35.2 Å². The first-order valence-electron chi connectivity index (χ1n) is 10.6. The van der Waals surface area contributed by atoms with Crippen LogP contribution in [0.2, 0.25) is 0 Å². The van der Waals surface area contributed by atoms with Gasteiger partial charge in [-0.15, -0.1) is 0 Å². The molecule has 0 spiro atoms. The zero-order valence-electron chi connectivity index (χ0n) is 18.4. The van der Waals surface area contributed by atoms with Crippen LogP contribution in [0, 0.1) is 5.92 Å². The van der Waals surface area contributed by atoms with Crippen LogP contribution in [-0.4, -0.2) is 41.7 Å². The van der Waals surface area contributed by atoms with Crippen LogP contribution in [0.4, 0.5) is 5.82 Å². The lowest BCUT2D eigenvalue weighted by molar-refractivity contribution is -0.146. The van der Waals surface area contributed by atoms with Gasteiger partial charge in [0.25, 0.3) is 0 Å². The third kappa shape index (κ3) is 4.39. The number of aromatic nitrogens is 3. The molecule has 8 nitrogen and oxygen atoms in total. The average molecular weight is 503 g/mol. The summed E-state index contributed by atoms with van der Waals surface area (Å²) in [7, 11) is 4.73. The number of nitrogens with one attached hydrogen (secondary N) is 1. The lowest BCUT2D eigenvalue weighted by Crippen LogP contribution is -2.24. The Morgan fingerprint density at radius 2 is 2.09 bits per heavy atom. The number of benzene rings is 1. The second-order valence-electron chi connectivity index (χ2n) is 7.87. The smallest absolute Gasteiger partial charge is 0.308 e. The largest absolute Gasteiger partial charge is 0.497 e. The molecule has 2 heterocycles. The summed E-state index contributed by atoms with van der Waals surface area (Å²) in [5.41, 5.74) is 1.86. The maximum atomic E-state index is 12.1. The molecule has 1 saturated carbocycles. The molecule has 0 saturated heterocycles. The van der Waals surface area contributed by atoms with Gasteiger partial charge in [0.15, 0.2) is 5.82 Å². The zero-order chi connectivity index (χ0) is 22.7. The Labute approximate surface area is 195 Å². The first-order chi connectivity index (χ1) is 15.5. The van der Waals surface area contributed by atoms with E-state index in [-0.39, 0.29) is 17.8 Å². The molecule has 32 heavy (non-hydrogen) atoms. The highest BCUT2D eigenvalue weighted by atomic mass is 79.9. The summed E-state index contributed by atoms with van der Waals surface area (Å²) in [5.74, 6) is 3.12. The van der Waals surface area contributed by atoms with Crippen LogP contribution >= 0.6 is 15.9 Å². The second-order valence-corrected chi connectivity index (χ2v) is 8.62. The first kappa shape index (κ1) is 22.4. The minimum atomic E-state index is -0.132. The predicted molar refractivity (Wildman–Crippen MR) is 124 cm³/mol. The summed E-state index contributed by atoms with van der Waals surface area (Å²) in [6.45, 7) is 0.528. The summed E-state index contributed by atoms with van der Waals surface area (Å²) in [6, 6.07) is 5.73. The molecule has 1 fully saturated rings. The molecule has 0 unspecified atom stereocenters. The van der Waals surface area contributed by atoms with Gasteiger partial charge in [0.05, 0.1) is 27.2 Å². The number of hydrogen-bond acceptors (Lipinski definition) is 7. The van der Waals surface area contributed by atoms with Gasteiger partial charge in [-0.25, -0.2) is 9.97 Å². The van der Waals surface area contributed by atoms with Crippen molar-refractivity contribution in [2.45, 2.75) is 38.1 Å². The number of hydrogen-bond donors (Lipinski definition) is 1. The molecular formula is C23H27BrN4O4. The molecule has 0 bridgehead atoms. The van der Waals surface area contributed by atoms with Crippen molar-refractivity contribution in [3.8, 4) is 11.5 Å². The summed E-state index contributed by atoms with van der Waals surface area (Å²) in [5, 5.41) is 3.41. The standard InChI is InChI=1S/C23H27BrN4O4/c1-30-17-8-7-16(18(12-17)31-2)13-26-21-19-20(24)27-22(28(19)10-9-25-21)14-5-4-6-15(11-14)23(29)32-3/h7-10,12,14-15H,4-6,11,13H2,1-3H3,(H,25,26)/t14-,15+/m0/s1. The monoisotopic (exact) mass is 502 g/mol. The summed E-state index contributed by atoms with van der Waals surface area (Å²) < 4.78 is 18.6. The Hall–Kier alpha value is -2.81. The Bertz CT molecular complexity index is 1120. The SMILES string of the molecule is COC(=O)[C@@H]1CCC[C@H](c2nc(Br)c3c(NCc4ccc(OC)cc4OC)nccn23)C1. The van der Waals surface area contributed by atoms with E-state index in [1.807, 2.05) is 24.4 Å². The van der Waals surface area contributed by atoms with Crippen LogP contribution in [0.3, 0.4) is 0 Å². The minimum absolute atomic E-state index is 0.0770. The van der Waals surface area contributed by atoms with Crippen LogP contribution < -0.4 is 14.8 Å². The molecule has 1 N–H and O–H groups in total. The van der Waals surface area contributed by atoms with E-state index >= 15 is 0 Å². The highest BCUT2D eigenvalue weighted by molar-refractivity contribution is 9.10. The fourth-order valence-electron chi connectivity index (χ4n) is 4.42. The van der Waals surface area contributed by atoms with Gasteiger partial charge in [0.2, 0.25) is 0 Å². The van der Waals surface area contributed by atoms with Crippen molar-refractivity contribution >= 4 is 33.2 Å². The van der Waals surface area contributed by atoms with E-state index in [9.17, 15) is 4.79 Å². The maximum Gasteiger partial charge on any atom is 0.308 e. The topological polar surface area (TPSA) is 87.0 Å². The first-order valence-corrected chi connectivity index (χ1v) is 11.4. The lowest BCUT2D eigenvalue weighted by atomic mass is 9.81. The Morgan fingerprint density at radius 3 is 2.84 bits per heavy atom. The second kappa shape index (κ2) is 9.77. The third-order valence-corrected chi connectivity index (χ3v) is 6.61. The van der Waals surface area contributed by atoms with Gasteiger partial charge in [0, 0.05) is 36.5 Å². The van der Waals surface area contributed by atoms with Crippen LogP contribution in [0.1, 0.15) is 43.0 Å². The third-order valence-electron chi connectivity index (χ3n) is 6.05. The van der Waals surface area contributed by atoms with E-state index in [0.717, 1.165) is 64.5 Å². The van der Waals surface area contributed by atoms with Crippen molar-refractivity contribution in [3.63, 3.8) is 0 Å². The van der Waals surface area contributed by atoms with Gasteiger partial charge in [-0.2, -0.15) is 0 Å². The van der Waals surface area contributed by atoms with Crippen molar-refractivity contribution < 1.29 is 19.0 Å². The number of methoxy groups -OCH3 is 3. The zero-order valence-corrected chi connectivity index (χ0v) is 20.0. The van der Waals surface area contributed by atoms with Crippen LogP contribution in [0.5, 0.6) is 11.5 Å². The number of imidazole rings is 1. The summed E-state index contributed by atoms with van der Waals surface area (Å²) in [4.78, 5) is 21.4. The number of esters is 1. The number of carbonyl (C=O) groups excluding carboxylic acids is 1. The van der Waals surface area contributed by atoms with E-state index in [4.69, 9.17) is 19.2 Å². The highest BCUT2D eigenvalue weighted by Gasteiger charge is 2.31. The fourth-order valence-corrected chi connectivity index (χ4v) is 4.98. The summed E-state index contributed by atoms with van der Waals surface area (Å²) >= 11 is 3.62. The molecule has 0 amide bonds. The average Bonchev–Trinajstić information content (AvgIpc) is 3.19. The quantitative estimate of drug-likeness (QED) is 0.473. The van der Waals surface area contributed by atoms with Crippen LogP contribution in [-0.2, 0) is 16.1 Å². The molecular weight excluding hydrogens is 476 g/mol. The molecule has 2 atom stereocenters. The minimum Gasteiger partial charge on any atom is -0.497 e. The van der Waals surface area contributed by atoms with E-state index in [1.165, 1.54) is 7.11 Å². The van der Waals surface area contributed by atoms with Crippen molar-refractivity contribution in [1.29, 1.82) is 0 Å². The van der Waals surface area contributed by atoms with Gasteiger partial charge in [0.1, 0.15) is 27.4 Å². The van der Waals surface area contributed by atoms with E-state index < -0.39 is 0 Å². The predicted octanol–water partition coefficient (Wildman–Crippen LogP) is 4.57. The Kier molecular flexibility index (Phi) is 6.83. The Balaban J connectivity index is 1.60. The maximum absolute atomic E-state index is 12.1. The van der Waals surface area contributed by atoms with E-state index in [0.29, 0.717) is 6.54 Å². The number of rotatable bonds is 7. The number of carbonyl (C=O) groups is 1. The van der Waals surface area contributed by atoms with E-state index in [2.05, 4.69) is 30.6 Å². The van der Waals surface area contributed by atoms with Gasteiger partial charge in [-0.3, -0.25) is 9.20 Å². The molecule has 9 heteroatoms. The number of halogens is 1. The van der Waals surface area contributed by atoms with Gasteiger partial charge in [-0.05, 0) is 47.3 Å². The van der Waals surface area contributed by atoms with Gasteiger partial charge in [-0.1, -0.05) is 6.42 Å². The molecule has 1 aliphatic carbocycles. The van der Waals surface area contributed by atoms with E-state index in [1.54, 1.807) is 20.4 Å².